The summed E-state index contributed by atoms with van der Waals surface area (Å²) in [6, 6.07) is 5.89. The summed E-state index contributed by atoms with van der Waals surface area (Å²) in [4.78, 5) is 16.7. The van der Waals surface area contributed by atoms with Crippen molar-refractivity contribution in [3.63, 3.8) is 0 Å². The van der Waals surface area contributed by atoms with Crippen LogP contribution < -0.4 is 10.0 Å². The van der Waals surface area contributed by atoms with Crippen LogP contribution in [0.15, 0.2) is 40.7 Å². The molecular formula is C17H21N3O3S2. The predicted octanol–water partition coefficient (Wildman–Crippen LogP) is 2.86. The number of thiazole rings is 1. The van der Waals surface area contributed by atoms with E-state index in [0.29, 0.717) is 5.56 Å². The third-order valence-electron chi connectivity index (χ3n) is 4.25. The fourth-order valence-electron chi connectivity index (χ4n) is 2.93. The summed E-state index contributed by atoms with van der Waals surface area (Å²) in [5.74, 6) is -0.319. The van der Waals surface area contributed by atoms with E-state index in [2.05, 4.69) is 15.0 Å². The minimum atomic E-state index is -3.61. The van der Waals surface area contributed by atoms with E-state index in [1.165, 1.54) is 23.5 Å². The molecule has 1 aromatic carbocycles. The van der Waals surface area contributed by atoms with Crippen LogP contribution in [0.25, 0.3) is 0 Å². The van der Waals surface area contributed by atoms with Gasteiger partial charge >= 0.3 is 0 Å². The highest BCUT2D eigenvalue weighted by molar-refractivity contribution is 7.89. The van der Waals surface area contributed by atoms with Crippen molar-refractivity contribution in [3.05, 3.63) is 46.4 Å². The fourth-order valence-corrected chi connectivity index (χ4v) is 4.92. The molecular weight excluding hydrogens is 358 g/mol. The Bertz CT molecular complexity index is 829. The van der Waals surface area contributed by atoms with Gasteiger partial charge in [-0.1, -0.05) is 18.9 Å². The van der Waals surface area contributed by atoms with Crippen molar-refractivity contribution >= 4 is 27.3 Å². The number of sulfonamides is 1. The van der Waals surface area contributed by atoms with Crippen LogP contribution in [0, 0.1) is 0 Å². The molecule has 0 spiro atoms. The predicted molar refractivity (Wildman–Crippen MR) is 97.0 cm³/mol. The van der Waals surface area contributed by atoms with Gasteiger partial charge in [0, 0.05) is 23.2 Å². The average Bonchev–Trinajstić information content (AvgIpc) is 3.28. The van der Waals surface area contributed by atoms with Gasteiger partial charge in [-0.05, 0) is 38.0 Å². The monoisotopic (exact) mass is 379 g/mol. The molecule has 0 bridgehead atoms. The Morgan fingerprint density at radius 3 is 2.76 bits per heavy atom. The maximum Gasteiger partial charge on any atom is 0.251 e. The van der Waals surface area contributed by atoms with Crippen LogP contribution in [0.5, 0.6) is 0 Å². The number of benzene rings is 1. The van der Waals surface area contributed by atoms with Crippen molar-refractivity contribution in [1.29, 1.82) is 0 Å². The van der Waals surface area contributed by atoms with E-state index in [1.54, 1.807) is 18.3 Å². The van der Waals surface area contributed by atoms with Crippen molar-refractivity contribution in [2.24, 2.45) is 0 Å². The van der Waals surface area contributed by atoms with Crippen molar-refractivity contribution in [1.82, 2.24) is 15.0 Å². The smallest absolute Gasteiger partial charge is 0.251 e. The van der Waals surface area contributed by atoms with Crippen LogP contribution in [0.2, 0.25) is 0 Å². The Balaban J connectivity index is 1.73. The van der Waals surface area contributed by atoms with Gasteiger partial charge in [-0.15, -0.1) is 11.3 Å². The largest absolute Gasteiger partial charge is 0.343 e. The highest BCUT2D eigenvalue weighted by Crippen LogP contribution is 2.21. The first-order valence-electron chi connectivity index (χ1n) is 8.28. The van der Waals surface area contributed by atoms with E-state index in [0.717, 1.165) is 30.7 Å². The zero-order chi connectivity index (χ0) is 17.9. The van der Waals surface area contributed by atoms with Crippen LogP contribution in [0.1, 0.15) is 54.0 Å². The Hall–Kier alpha value is -1.77. The van der Waals surface area contributed by atoms with Gasteiger partial charge in [-0.3, -0.25) is 4.79 Å². The van der Waals surface area contributed by atoms with Crippen LogP contribution in [0.3, 0.4) is 0 Å². The second-order valence-corrected chi connectivity index (χ2v) is 8.84. The Morgan fingerprint density at radius 1 is 1.32 bits per heavy atom. The summed E-state index contributed by atoms with van der Waals surface area (Å²) in [6.07, 6.45) is 5.51. The summed E-state index contributed by atoms with van der Waals surface area (Å²) < 4.78 is 27.8. The zero-order valence-corrected chi connectivity index (χ0v) is 15.6. The van der Waals surface area contributed by atoms with Crippen molar-refractivity contribution in [3.8, 4) is 0 Å². The summed E-state index contributed by atoms with van der Waals surface area (Å²) in [7, 11) is -3.61. The molecule has 8 heteroatoms. The van der Waals surface area contributed by atoms with Gasteiger partial charge in [0.15, 0.2) is 0 Å². The minimum absolute atomic E-state index is 0.00703. The molecule has 1 amide bonds. The second-order valence-electron chi connectivity index (χ2n) is 6.20. The lowest BCUT2D eigenvalue weighted by Crippen LogP contribution is -2.33. The number of nitrogens with zero attached hydrogens (tertiary/aromatic N) is 1. The lowest BCUT2D eigenvalue weighted by Gasteiger charge is -2.14. The SMILES string of the molecule is C[C@H](NC(=O)c1cccc(S(=O)(=O)NC2CCCC2)c1)c1nccs1. The van der Waals surface area contributed by atoms with Crippen LogP contribution in [-0.2, 0) is 10.0 Å². The van der Waals surface area contributed by atoms with Crippen molar-refractivity contribution in [2.45, 2.75) is 49.6 Å². The minimum Gasteiger partial charge on any atom is -0.343 e. The fraction of sp³-hybridized carbons (Fsp3) is 0.412. The van der Waals surface area contributed by atoms with Gasteiger partial charge in [0.1, 0.15) is 5.01 Å². The van der Waals surface area contributed by atoms with Gasteiger partial charge in [0.05, 0.1) is 10.9 Å². The highest BCUT2D eigenvalue weighted by Gasteiger charge is 2.23. The van der Waals surface area contributed by atoms with Gasteiger partial charge < -0.3 is 5.32 Å². The molecule has 1 saturated carbocycles. The van der Waals surface area contributed by atoms with Crippen molar-refractivity contribution < 1.29 is 13.2 Å². The number of nitrogens with one attached hydrogen (secondary N) is 2. The second kappa shape index (κ2) is 7.63. The number of carbonyl (C=O) groups excluding carboxylic acids is 1. The normalized spacial score (nSPS) is 16.7. The molecule has 3 rings (SSSR count). The quantitative estimate of drug-likeness (QED) is 0.808. The van der Waals surface area contributed by atoms with Gasteiger partial charge in [0.25, 0.3) is 5.91 Å². The third-order valence-corrected chi connectivity index (χ3v) is 6.73. The molecule has 1 aliphatic carbocycles. The molecule has 1 aliphatic rings. The number of hydrogen-bond acceptors (Lipinski definition) is 5. The van der Waals surface area contributed by atoms with Gasteiger partial charge in [0.2, 0.25) is 10.0 Å². The molecule has 0 unspecified atom stereocenters. The molecule has 0 radical (unpaired) electrons. The van der Waals surface area contributed by atoms with Gasteiger partial charge in [-0.2, -0.15) is 0 Å². The first-order valence-corrected chi connectivity index (χ1v) is 10.6. The van der Waals surface area contributed by atoms with E-state index < -0.39 is 10.0 Å². The molecule has 0 aliphatic heterocycles. The lowest BCUT2D eigenvalue weighted by atomic mass is 10.2. The molecule has 1 aromatic heterocycles. The molecule has 1 atom stereocenters. The zero-order valence-electron chi connectivity index (χ0n) is 13.9. The van der Waals surface area contributed by atoms with Crippen LogP contribution >= 0.6 is 11.3 Å². The average molecular weight is 380 g/mol. The maximum atomic E-state index is 12.5. The molecule has 1 heterocycles. The first-order chi connectivity index (χ1) is 12.0. The summed E-state index contributed by atoms with van der Waals surface area (Å²) in [6.45, 7) is 1.85. The van der Waals surface area contributed by atoms with E-state index >= 15 is 0 Å². The summed E-state index contributed by atoms with van der Waals surface area (Å²) in [5.41, 5.74) is 0.317. The molecule has 1 fully saturated rings. The molecule has 25 heavy (non-hydrogen) atoms. The standard InChI is InChI=1S/C17H21N3O3S2/c1-12(17-18-9-10-24-17)19-16(21)13-5-4-8-15(11-13)25(22,23)20-14-6-2-3-7-14/h4-5,8-12,14,20H,2-3,6-7H2,1H3,(H,19,21)/t12-/m0/s1. The number of rotatable bonds is 6. The van der Waals surface area contributed by atoms with Crippen LogP contribution in [0.4, 0.5) is 0 Å². The van der Waals surface area contributed by atoms with Gasteiger partial charge in [-0.25, -0.2) is 18.1 Å². The van der Waals surface area contributed by atoms with E-state index in [9.17, 15) is 13.2 Å². The molecule has 6 nitrogen and oxygen atoms in total. The van der Waals surface area contributed by atoms with E-state index in [4.69, 9.17) is 0 Å². The summed E-state index contributed by atoms with van der Waals surface area (Å²) >= 11 is 1.46. The Morgan fingerprint density at radius 2 is 2.08 bits per heavy atom. The number of hydrogen-bond donors (Lipinski definition) is 2. The molecule has 2 aromatic rings. The lowest BCUT2D eigenvalue weighted by molar-refractivity contribution is 0.0939. The molecule has 2 N–H and O–H groups in total. The highest BCUT2D eigenvalue weighted by atomic mass is 32.2. The maximum absolute atomic E-state index is 12.5. The Labute approximate surface area is 151 Å². The van der Waals surface area contributed by atoms with Crippen LogP contribution in [-0.4, -0.2) is 25.4 Å². The van der Waals surface area contributed by atoms with Crippen molar-refractivity contribution in [2.75, 3.05) is 0 Å². The van der Waals surface area contributed by atoms with E-state index in [-0.39, 0.29) is 22.9 Å². The number of aromatic nitrogens is 1. The number of carbonyl (C=O) groups is 1. The summed E-state index contributed by atoms with van der Waals surface area (Å²) in [5, 5.41) is 5.50. The topological polar surface area (TPSA) is 88.2 Å². The van der Waals surface area contributed by atoms with E-state index in [1.807, 2.05) is 12.3 Å². The third kappa shape index (κ3) is 4.45. The molecule has 134 valence electrons. The Kier molecular flexibility index (Phi) is 5.51. The number of amides is 1. The molecule has 0 saturated heterocycles. The first kappa shape index (κ1) is 18.0.